The fraction of sp³-hybridized carbons (Fsp3) is 0.222. The van der Waals surface area contributed by atoms with Gasteiger partial charge in [-0.25, -0.2) is 0 Å². The van der Waals surface area contributed by atoms with Crippen LogP contribution in [0, 0.1) is 0 Å². The summed E-state index contributed by atoms with van der Waals surface area (Å²) >= 11 is 0. The largest absolute Gasteiger partial charge is 0.416 e. The number of halogens is 3. The highest BCUT2D eigenvalue weighted by Crippen LogP contribution is 2.34. The van der Waals surface area contributed by atoms with Crippen LogP contribution in [0.5, 0.6) is 0 Å². The SMILES string of the molecule is FC(F)(F)c1ccc(-c2nn(CC3CO3)cc2-c2ccncc2)cc1. The molecule has 1 fully saturated rings. The second kappa shape index (κ2) is 6.00. The Labute approximate surface area is 141 Å². The number of alkyl halides is 3. The van der Waals surface area contributed by atoms with E-state index in [1.54, 1.807) is 17.1 Å². The van der Waals surface area contributed by atoms with Gasteiger partial charge in [0, 0.05) is 29.7 Å². The first-order valence-corrected chi connectivity index (χ1v) is 7.78. The summed E-state index contributed by atoms with van der Waals surface area (Å²) in [6.07, 6.45) is 1.05. The molecular weight excluding hydrogens is 331 g/mol. The van der Waals surface area contributed by atoms with Crippen molar-refractivity contribution in [3.8, 4) is 22.4 Å². The van der Waals surface area contributed by atoms with E-state index in [-0.39, 0.29) is 6.10 Å². The zero-order valence-corrected chi connectivity index (χ0v) is 13.1. The normalized spacial score (nSPS) is 16.8. The molecule has 7 heteroatoms. The van der Waals surface area contributed by atoms with Gasteiger partial charge in [0.1, 0.15) is 11.8 Å². The lowest BCUT2D eigenvalue weighted by Crippen LogP contribution is -2.05. The fourth-order valence-corrected chi connectivity index (χ4v) is 2.67. The van der Waals surface area contributed by atoms with Crippen LogP contribution in [0.15, 0.2) is 55.0 Å². The van der Waals surface area contributed by atoms with Crippen LogP contribution < -0.4 is 0 Å². The van der Waals surface area contributed by atoms with Crippen LogP contribution in [0.4, 0.5) is 13.2 Å². The summed E-state index contributed by atoms with van der Waals surface area (Å²) < 4.78 is 45.3. The van der Waals surface area contributed by atoms with Crippen LogP contribution >= 0.6 is 0 Å². The highest BCUT2D eigenvalue weighted by atomic mass is 19.4. The number of hydrogen-bond donors (Lipinski definition) is 0. The molecule has 0 amide bonds. The molecule has 1 aromatic carbocycles. The number of rotatable bonds is 4. The maximum absolute atomic E-state index is 12.8. The Morgan fingerprint density at radius 1 is 1.04 bits per heavy atom. The molecule has 1 aliphatic rings. The highest BCUT2D eigenvalue weighted by Gasteiger charge is 2.30. The average Bonchev–Trinajstić information content (AvgIpc) is 3.31. The van der Waals surface area contributed by atoms with Gasteiger partial charge in [0.15, 0.2) is 0 Å². The number of ether oxygens (including phenoxy) is 1. The van der Waals surface area contributed by atoms with Gasteiger partial charge in [0.25, 0.3) is 0 Å². The molecule has 128 valence electrons. The van der Waals surface area contributed by atoms with Crippen LogP contribution in [-0.2, 0) is 17.5 Å². The van der Waals surface area contributed by atoms with E-state index in [0.29, 0.717) is 24.4 Å². The lowest BCUT2D eigenvalue weighted by atomic mass is 10.0. The monoisotopic (exact) mass is 345 g/mol. The fourth-order valence-electron chi connectivity index (χ4n) is 2.67. The van der Waals surface area contributed by atoms with Gasteiger partial charge in [-0.05, 0) is 29.8 Å². The molecule has 25 heavy (non-hydrogen) atoms. The number of aromatic nitrogens is 3. The van der Waals surface area contributed by atoms with E-state index in [1.165, 1.54) is 12.1 Å². The standard InChI is InChI=1S/C18H14F3N3O/c19-18(20,21)14-3-1-13(2-4-14)17-16(12-5-7-22-8-6-12)10-24(23-17)9-15-11-25-15/h1-8,10,15H,9,11H2. The van der Waals surface area contributed by atoms with Crippen molar-refractivity contribution in [3.05, 3.63) is 60.6 Å². The van der Waals surface area contributed by atoms with Gasteiger partial charge in [-0.3, -0.25) is 9.67 Å². The smallest absolute Gasteiger partial charge is 0.371 e. The third-order valence-electron chi connectivity index (χ3n) is 4.03. The molecule has 0 bridgehead atoms. The summed E-state index contributed by atoms with van der Waals surface area (Å²) in [5.74, 6) is 0. The van der Waals surface area contributed by atoms with E-state index in [4.69, 9.17) is 4.74 Å². The molecule has 3 aromatic rings. The molecule has 4 nitrogen and oxygen atoms in total. The van der Waals surface area contributed by atoms with Crippen molar-refractivity contribution in [2.45, 2.75) is 18.8 Å². The van der Waals surface area contributed by atoms with Crippen LogP contribution in [0.25, 0.3) is 22.4 Å². The van der Waals surface area contributed by atoms with Gasteiger partial charge >= 0.3 is 6.18 Å². The lowest BCUT2D eigenvalue weighted by Gasteiger charge is -2.07. The summed E-state index contributed by atoms with van der Waals surface area (Å²) in [5, 5.41) is 4.56. The molecule has 1 unspecified atom stereocenters. The zero-order chi connectivity index (χ0) is 17.4. The molecule has 3 heterocycles. The van der Waals surface area contributed by atoms with Crippen molar-refractivity contribution in [2.24, 2.45) is 0 Å². The average molecular weight is 345 g/mol. The number of pyridine rings is 1. The van der Waals surface area contributed by atoms with Gasteiger partial charge < -0.3 is 4.74 Å². The van der Waals surface area contributed by atoms with Crippen molar-refractivity contribution >= 4 is 0 Å². The van der Waals surface area contributed by atoms with Gasteiger partial charge in [0.05, 0.1) is 18.7 Å². The Morgan fingerprint density at radius 3 is 2.32 bits per heavy atom. The van der Waals surface area contributed by atoms with Crippen LogP contribution in [-0.4, -0.2) is 27.5 Å². The molecule has 0 aliphatic carbocycles. The summed E-state index contributed by atoms with van der Waals surface area (Å²) in [6, 6.07) is 8.76. The molecule has 4 rings (SSSR count). The maximum Gasteiger partial charge on any atom is 0.416 e. The molecule has 2 aromatic heterocycles. The predicted octanol–water partition coefficient (Wildman–Crippen LogP) is 4.03. The summed E-state index contributed by atoms with van der Waals surface area (Å²) in [5.41, 5.74) is 2.36. The topological polar surface area (TPSA) is 43.2 Å². The Morgan fingerprint density at radius 2 is 1.72 bits per heavy atom. The van der Waals surface area contributed by atoms with E-state index in [0.717, 1.165) is 23.3 Å². The van der Waals surface area contributed by atoms with Crippen LogP contribution in [0.1, 0.15) is 5.56 Å². The number of epoxide rings is 1. The van der Waals surface area contributed by atoms with Crippen molar-refractivity contribution in [1.29, 1.82) is 0 Å². The minimum absolute atomic E-state index is 0.158. The van der Waals surface area contributed by atoms with E-state index < -0.39 is 11.7 Å². The van der Waals surface area contributed by atoms with Crippen LogP contribution in [0.2, 0.25) is 0 Å². The van der Waals surface area contributed by atoms with Gasteiger partial charge in [0.2, 0.25) is 0 Å². The molecule has 0 spiro atoms. The van der Waals surface area contributed by atoms with E-state index >= 15 is 0 Å². The second-order valence-corrected chi connectivity index (χ2v) is 5.88. The number of hydrogen-bond acceptors (Lipinski definition) is 3. The quantitative estimate of drug-likeness (QED) is 0.671. The van der Waals surface area contributed by atoms with Crippen molar-refractivity contribution < 1.29 is 17.9 Å². The van der Waals surface area contributed by atoms with Gasteiger partial charge in [-0.15, -0.1) is 0 Å². The first-order valence-electron chi connectivity index (χ1n) is 7.78. The first kappa shape index (κ1) is 15.8. The van der Waals surface area contributed by atoms with Crippen molar-refractivity contribution in [1.82, 2.24) is 14.8 Å². The lowest BCUT2D eigenvalue weighted by molar-refractivity contribution is -0.137. The molecule has 1 atom stereocenters. The van der Waals surface area contributed by atoms with Crippen molar-refractivity contribution in [2.75, 3.05) is 6.61 Å². The van der Waals surface area contributed by atoms with Gasteiger partial charge in [-0.1, -0.05) is 12.1 Å². The number of benzene rings is 1. The Kier molecular flexibility index (Phi) is 3.80. The molecule has 0 N–H and O–H groups in total. The molecule has 1 aliphatic heterocycles. The van der Waals surface area contributed by atoms with Crippen molar-refractivity contribution in [3.63, 3.8) is 0 Å². The molecular formula is C18H14F3N3O. The van der Waals surface area contributed by atoms with E-state index in [1.807, 2.05) is 18.3 Å². The highest BCUT2D eigenvalue weighted by molar-refractivity contribution is 5.80. The molecule has 1 saturated heterocycles. The summed E-state index contributed by atoms with van der Waals surface area (Å²) in [4.78, 5) is 4.00. The Bertz CT molecular complexity index is 869. The Balaban J connectivity index is 1.75. The second-order valence-electron chi connectivity index (χ2n) is 5.88. The Hall–Kier alpha value is -2.67. The molecule has 0 saturated carbocycles. The van der Waals surface area contributed by atoms with Gasteiger partial charge in [-0.2, -0.15) is 18.3 Å². The van der Waals surface area contributed by atoms with E-state index in [9.17, 15) is 13.2 Å². The number of nitrogens with zero attached hydrogens (tertiary/aromatic N) is 3. The third kappa shape index (κ3) is 3.41. The predicted molar refractivity (Wildman–Crippen MR) is 85.6 cm³/mol. The van der Waals surface area contributed by atoms with Crippen LogP contribution in [0.3, 0.4) is 0 Å². The summed E-state index contributed by atoms with van der Waals surface area (Å²) in [6.45, 7) is 1.33. The zero-order valence-electron chi connectivity index (χ0n) is 13.1. The van der Waals surface area contributed by atoms with E-state index in [2.05, 4.69) is 10.1 Å². The minimum atomic E-state index is -4.35. The minimum Gasteiger partial charge on any atom is -0.371 e. The first-order chi connectivity index (χ1) is 12.0. The summed E-state index contributed by atoms with van der Waals surface area (Å²) in [7, 11) is 0. The maximum atomic E-state index is 12.8. The third-order valence-corrected chi connectivity index (χ3v) is 4.03. The molecule has 0 radical (unpaired) electrons.